The number of ether oxygens (including phenoxy) is 1. The van der Waals surface area contributed by atoms with E-state index < -0.39 is 0 Å². The molecule has 1 heterocycles. The summed E-state index contributed by atoms with van der Waals surface area (Å²) in [7, 11) is 0. The zero-order chi connectivity index (χ0) is 14.7. The molecule has 0 spiro atoms. The van der Waals surface area contributed by atoms with Crippen molar-refractivity contribution in [2.45, 2.75) is 25.9 Å². The zero-order valence-electron chi connectivity index (χ0n) is 12.6. The Hall–Kier alpha value is -2.00. The normalized spacial score (nSPS) is 22.1. The van der Waals surface area contributed by atoms with Crippen molar-refractivity contribution >= 4 is 5.69 Å². The first kappa shape index (κ1) is 14.0. The highest BCUT2D eigenvalue weighted by molar-refractivity contribution is 5.53. The van der Waals surface area contributed by atoms with Gasteiger partial charge in [0.15, 0.2) is 0 Å². The van der Waals surface area contributed by atoms with E-state index >= 15 is 0 Å². The molecule has 1 aliphatic rings. The molecule has 0 saturated carbocycles. The number of nitrogens with one attached hydrogen (secondary N) is 1. The van der Waals surface area contributed by atoms with Crippen molar-refractivity contribution in [3.63, 3.8) is 0 Å². The van der Waals surface area contributed by atoms with Crippen LogP contribution in [0.5, 0.6) is 11.5 Å². The highest BCUT2D eigenvalue weighted by Gasteiger charge is 2.22. The molecule has 3 nitrogen and oxygen atoms in total. The molecule has 1 aliphatic heterocycles. The molecule has 0 radical (unpaired) electrons. The number of hydrogen-bond donors (Lipinski definition) is 1. The van der Waals surface area contributed by atoms with Crippen molar-refractivity contribution < 1.29 is 4.74 Å². The number of nitrogens with zero attached hydrogens (tertiary/aromatic N) is 1. The smallest absolute Gasteiger partial charge is 0.129 e. The van der Waals surface area contributed by atoms with E-state index in [4.69, 9.17) is 4.74 Å². The molecule has 0 aromatic heterocycles. The average Bonchev–Trinajstić information content (AvgIpc) is 2.51. The number of piperazine rings is 1. The highest BCUT2D eigenvalue weighted by atomic mass is 16.5. The van der Waals surface area contributed by atoms with Gasteiger partial charge in [-0.3, -0.25) is 0 Å². The number of hydrogen-bond acceptors (Lipinski definition) is 3. The number of rotatable bonds is 3. The molecule has 2 aromatic rings. The Balaban J connectivity index is 1.79. The van der Waals surface area contributed by atoms with Crippen molar-refractivity contribution in [2.24, 2.45) is 0 Å². The molecule has 1 fully saturated rings. The van der Waals surface area contributed by atoms with E-state index in [1.165, 1.54) is 5.69 Å². The van der Waals surface area contributed by atoms with Crippen LogP contribution in [0.25, 0.3) is 0 Å². The van der Waals surface area contributed by atoms with Gasteiger partial charge < -0.3 is 15.0 Å². The van der Waals surface area contributed by atoms with Crippen molar-refractivity contribution in [2.75, 3.05) is 18.0 Å². The summed E-state index contributed by atoms with van der Waals surface area (Å²) in [5.41, 5.74) is 1.23. The van der Waals surface area contributed by atoms with Gasteiger partial charge in [-0.25, -0.2) is 0 Å². The lowest BCUT2D eigenvalue weighted by Gasteiger charge is -2.39. The third kappa shape index (κ3) is 3.37. The molecule has 0 aliphatic carbocycles. The Morgan fingerprint density at radius 3 is 2.57 bits per heavy atom. The van der Waals surface area contributed by atoms with E-state index in [0.29, 0.717) is 12.1 Å². The van der Waals surface area contributed by atoms with Crippen molar-refractivity contribution in [1.82, 2.24) is 5.32 Å². The summed E-state index contributed by atoms with van der Waals surface area (Å²) in [6.07, 6.45) is 0. The second kappa shape index (κ2) is 6.19. The summed E-state index contributed by atoms with van der Waals surface area (Å²) in [5, 5.41) is 3.51. The summed E-state index contributed by atoms with van der Waals surface area (Å²) in [4.78, 5) is 2.44. The molecule has 21 heavy (non-hydrogen) atoms. The van der Waals surface area contributed by atoms with E-state index in [1.54, 1.807) is 0 Å². The summed E-state index contributed by atoms with van der Waals surface area (Å²) in [5.74, 6) is 1.76. The second-order valence-electron chi connectivity index (χ2n) is 5.72. The van der Waals surface area contributed by atoms with Gasteiger partial charge in [0.25, 0.3) is 0 Å². The van der Waals surface area contributed by atoms with Gasteiger partial charge in [-0.05, 0) is 38.1 Å². The molecule has 2 unspecified atom stereocenters. The van der Waals surface area contributed by atoms with Crippen molar-refractivity contribution in [3.8, 4) is 11.5 Å². The van der Waals surface area contributed by atoms with Crippen LogP contribution in [0.4, 0.5) is 5.69 Å². The molecule has 1 saturated heterocycles. The molecule has 3 rings (SSSR count). The minimum Gasteiger partial charge on any atom is -0.457 e. The van der Waals surface area contributed by atoms with E-state index in [-0.39, 0.29) is 0 Å². The van der Waals surface area contributed by atoms with E-state index in [9.17, 15) is 0 Å². The first-order valence-corrected chi connectivity index (χ1v) is 7.55. The number of anilines is 1. The van der Waals surface area contributed by atoms with Gasteiger partial charge in [0, 0.05) is 36.9 Å². The molecule has 2 aromatic carbocycles. The Labute approximate surface area is 126 Å². The zero-order valence-corrected chi connectivity index (χ0v) is 12.6. The van der Waals surface area contributed by atoms with Gasteiger partial charge in [0.1, 0.15) is 11.5 Å². The number of para-hydroxylation sites is 1. The highest BCUT2D eigenvalue weighted by Crippen LogP contribution is 2.27. The first-order chi connectivity index (χ1) is 10.2. The van der Waals surface area contributed by atoms with Gasteiger partial charge in [-0.2, -0.15) is 0 Å². The third-order valence-electron chi connectivity index (χ3n) is 3.89. The summed E-state index contributed by atoms with van der Waals surface area (Å²) in [6.45, 7) is 6.52. The topological polar surface area (TPSA) is 24.5 Å². The predicted molar refractivity (Wildman–Crippen MR) is 87.2 cm³/mol. The minimum absolute atomic E-state index is 0.494. The summed E-state index contributed by atoms with van der Waals surface area (Å²) >= 11 is 0. The fourth-order valence-corrected chi connectivity index (χ4v) is 2.73. The maximum absolute atomic E-state index is 5.93. The Bertz CT molecular complexity index is 585. The molecule has 2 atom stereocenters. The first-order valence-electron chi connectivity index (χ1n) is 7.55. The fraction of sp³-hybridized carbons (Fsp3) is 0.333. The van der Waals surface area contributed by atoms with Crippen LogP contribution in [0.15, 0.2) is 54.6 Å². The monoisotopic (exact) mass is 282 g/mol. The van der Waals surface area contributed by atoms with Crippen LogP contribution in [0, 0.1) is 0 Å². The lowest BCUT2D eigenvalue weighted by atomic mass is 10.1. The van der Waals surface area contributed by atoms with E-state index in [0.717, 1.165) is 24.6 Å². The van der Waals surface area contributed by atoms with Gasteiger partial charge >= 0.3 is 0 Å². The van der Waals surface area contributed by atoms with Crippen LogP contribution in [0.1, 0.15) is 13.8 Å². The Morgan fingerprint density at radius 1 is 1.00 bits per heavy atom. The van der Waals surface area contributed by atoms with Crippen LogP contribution in [0.2, 0.25) is 0 Å². The van der Waals surface area contributed by atoms with Crippen LogP contribution < -0.4 is 15.0 Å². The third-order valence-corrected chi connectivity index (χ3v) is 3.89. The molecule has 0 amide bonds. The largest absolute Gasteiger partial charge is 0.457 e. The minimum atomic E-state index is 0.494. The lowest BCUT2D eigenvalue weighted by Crippen LogP contribution is -2.54. The quantitative estimate of drug-likeness (QED) is 0.929. The number of benzene rings is 2. The summed E-state index contributed by atoms with van der Waals surface area (Å²) in [6, 6.07) is 19.3. The maximum atomic E-state index is 5.93. The van der Waals surface area contributed by atoms with Crippen LogP contribution in [-0.4, -0.2) is 25.2 Å². The van der Waals surface area contributed by atoms with Gasteiger partial charge in [0.2, 0.25) is 0 Å². The maximum Gasteiger partial charge on any atom is 0.129 e. The molecule has 0 bridgehead atoms. The van der Waals surface area contributed by atoms with Gasteiger partial charge in [-0.15, -0.1) is 0 Å². The lowest BCUT2D eigenvalue weighted by molar-refractivity contribution is 0.424. The SMILES string of the molecule is CC1CN(c2cccc(Oc3ccccc3)c2)C(C)CN1. The van der Waals surface area contributed by atoms with Crippen LogP contribution in [0.3, 0.4) is 0 Å². The van der Waals surface area contributed by atoms with E-state index in [2.05, 4.69) is 42.3 Å². The fourth-order valence-electron chi connectivity index (χ4n) is 2.73. The van der Waals surface area contributed by atoms with Crippen molar-refractivity contribution in [3.05, 3.63) is 54.6 Å². The average molecular weight is 282 g/mol. The molecule has 1 N–H and O–H groups in total. The molecular formula is C18H22N2O. The second-order valence-corrected chi connectivity index (χ2v) is 5.72. The molecule has 3 heteroatoms. The van der Waals surface area contributed by atoms with Gasteiger partial charge in [0.05, 0.1) is 0 Å². The van der Waals surface area contributed by atoms with Gasteiger partial charge in [-0.1, -0.05) is 24.3 Å². The predicted octanol–water partition coefficient (Wildman–Crippen LogP) is 3.67. The standard InChI is InChI=1S/C18H22N2O/c1-14-13-20(15(2)12-19-14)16-7-6-10-18(11-16)21-17-8-4-3-5-9-17/h3-11,14-15,19H,12-13H2,1-2H3. The van der Waals surface area contributed by atoms with Crippen LogP contribution >= 0.6 is 0 Å². The molecule has 110 valence electrons. The van der Waals surface area contributed by atoms with E-state index in [1.807, 2.05) is 36.4 Å². The molecular weight excluding hydrogens is 260 g/mol. The van der Waals surface area contributed by atoms with Crippen LogP contribution in [-0.2, 0) is 0 Å². The summed E-state index contributed by atoms with van der Waals surface area (Å²) < 4.78 is 5.93. The Morgan fingerprint density at radius 2 is 1.76 bits per heavy atom. The Kier molecular flexibility index (Phi) is 4.11. The van der Waals surface area contributed by atoms with Crippen molar-refractivity contribution in [1.29, 1.82) is 0 Å².